The van der Waals surface area contributed by atoms with E-state index in [0.29, 0.717) is 0 Å². The van der Waals surface area contributed by atoms with Gasteiger partial charge in [-0.2, -0.15) is 0 Å². The lowest BCUT2D eigenvalue weighted by Gasteiger charge is -2.14. The van der Waals surface area contributed by atoms with Crippen LogP contribution in [0.4, 0.5) is 8.78 Å². The first kappa shape index (κ1) is 9.88. The molecule has 1 fully saturated rings. The zero-order chi connectivity index (χ0) is 10.1. The van der Waals surface area contributed by atoms with Gasteiger partial charge in [-0.3, -0.25) is 9.59 Å². The Morgan fingerprint density at radius 2 is 2.08 bits per heavy atom. The highest BCUT2D eigenvalue weighted by molar-refractivity contribution is 5.96. The average molecular weight is 192 g/mol. The topological polar surface area (TPSA) is 63.4 Å². The van der Waals surface area contributed by atoms with Crippen molar-refractivity contribution in [2.75, 3.05) is 13.1 Å². The van der Waals surface area contributed by atoms with Crippen molar-refractivity contribution in [2.24, 2.45) is 5.73 Å². The minimum Gasteiger partial charge on any atom is -0.369 e. The summed E-state index contributed by atoms with van der Waals surface area (Å²) in [5, 5.41) is 0. The quantitative estimate of drug-likeness (QED) is 0.612. The van der Waals surface area contributed by atoms with Crippen molar-refractivity contribution in [3.05, 3.63) is 0 Å². The molecule has 1 rings (SSSR count). The van der Waals surface area contributed by atoms with E-state index in [4.69, 9.17) is 5.73 Å². The number of carbonyl (C=O) groups is 2. The van der Waals surface area contributed by atoms with Gasteiger partial charge in [0, 0.05) is 13.0 Å². The fourth-order valence-corrected chi connectivity index (χ4v) is 1.21. The second kappa shape index (κ2) is 3.27. The van der Waals surface area contributed by atoms with Crippen molar-refractivity contribution in [3.8, 4) is 0 Å². The normalized spacial score (nSPS) is 20.3. The van der Waals surface area contributed by atoms with Crippen molar-refractivity contribution < 1.29 is 18.4 Å². The van der Waals surface area contributed by atoms with Crippen LogP contribution >= 0.6 is 0 Å². The number of hydrogen-bond donors (Lipinski definition) is 1. The number of primary amides is 1. The van der Waals surface area contributed by atoms with Gasteiger partial charge in [0.05, 0.1) is 6.54 Å². The fourth-order valence-electron chi connectivity index (χ4n) is 1.21. The summed E-state index contributed by atoms with van der Waals surface area (Å²) in [6.07, 6.45) is -0.826. The van der Waals surface area contributed by atoms with Crippen LogP contribution in [-0.4, -0.2) is 35.7 Å². The molecule has 13 heavy (non-hydrogen) atoms. The predicted molar refractivity (Wildman–Crippen MR) is 40.0 cm³/mol. The Kier molecular flexibility index (Phi) is 2.49. The molecular weight excluding hydrogens is 182 g/mol. The highest BCUT2D eigenvalue weighted by Gasteiger charge is 2.40. The number of nitrogens with zero attached hydrogens (tertiary/aromatic N) is 1. The zero-order valence-electron chi connectivity index (χ0n) is 6.93. The number of likely N-dealkylation sites (tertiary alicyclic amines) is 1. The number of hydrogen-bond acceptors (Lipinski definition) is 2. The minimum atomic E-state index is -2.81. The van der Waals surface area contributed by atoms with Gasteiger partial charge in [0.15, 0.2) is 0 Å². The minimum absolute atomic E-state index is 0.000880. The van der Waals surface area contributed by atoms with Gasteiger partial charge in [-0.25, -0.2) is 8.78 Å². The number of halogens is 2. The number of amides is 2. The first-order chi connectivity index (χ1) is 5.91. The predicted octanol–water partition coefficient (Wildman–Crippen LogP) is -0.271. The molecule has 0 saturated carbocycles. The number of nitrogens with two attached hydrogens (primary N) is 1. The summed E-state index contributed by atoms with van der Waals surface area (Å²) < 4.78 is 25.2. The van der Waals surface area contributed by atoms with E-state index in [1.54, 1.807) is 0 Å². The Balaban J connectivity index is 2.47. The molecule has 0 bridgehead atoms. The molecule has 0 atom stereocenters. The van der Waals surface area contributed by atoms with E-state index in [0.717, 1.165) is 4.90 Å². The summed E-state index contributed by atoms with van der Waals surface area (Å²) in [5.74, 6) is -4.22. The summed E-state index contributed by atoms with van der Waals surface area (Å²) in [7, 11) is 0. The van der Waals surface area contributed by atoms with Crippen molar-refractivity contribution >= 4 is 11.8 Å². The molecule has 2 amide bonds. The van der Waals surface area contributed by atoms with Gasteiger partial charge in [0.2, 0.25) is 11.8 Å². The van der Waals surface area contributed by atoms with Crippen LogP contribution in [0.3, 0.4) is 0 Å². The largest absolute Gasteiger partial charge is 0.369 e. The van der Waals surface area contributed by atoms with Crippen LogP contribution in [0.25, 0.3) is 0 Å². The first-order valence-corrected chi connectivity index (χ1v) is 3.85. The van der Waals surface area contributed by atoms with Crippen molar-refractivity contribution in [3.63, 3.8) is 0 Å². The Morgan fingerprint density at radius 1 is 1.46 bits per heavy atom. The molecule has 0 aromatic rings. The fraction of sp³-hybridized carbons (Fsp3) is 0.714. The number of alkyl halides is 2. The molecule has 1 aliphatic heterocycles. The molecule has 0 aromatic carbocycles. The van der Waals surface area contributed by atoms with E-state index in [1.165, 1.54) is 0 Å². The molecule has 1 heterocycles. The molecule has 1 saturated heterocycles. The maximum Gasteiger partial charge on any atom is 0.267 e. The van der Waals surface area contributed by atoms with Crippen molar-refractivity contribution in [1.29, 1.82) is 0 Å². The summed E-state index contributed by atoms with van der Waals surface area (Å²) in [6, 6.07) is 0. The second-order valence-corrected chi connectivity index (χ2v) is 3.06. The molecule has 6 heteroatoms. The highest BCUT2D eigenvalue weighted by Crippen LogP contribution is 2.26. The van der Waals surface area contributed by atoms with E-state index in [-0.39, 0.29) is 13.0 Å². The van der Waals surface area contributed by atoms with Crippen LogP contribution in [-0.2, 0) is 9.59 Å². The van der Waals surface area contributed by atoms with Crippen molar-refractivity contribution in [2.45, 2.75) is 18.8 Å². The molecule has 2 N–H and O–H groups in total. The maximum absolute atomic E-state index is 12.6. The van der Waals surface area contributed by atoms with Crippen LogP contribution in [0.5, 0.6) is 0 Å². The lowest BCUT2D eigenvalue weighted by Crippen LogP contribution is -2.34. The Morgan fingerprint density at radius 3 is 2.46 bits per heavy atom. The zero-order valence-corrected chi connectivity index (χ0v) is 6.93. The summed E-state index contributed by atoms with van der Waals surface area (Å²) in [5.41, 5.74) is 4.75. The molecule has 74 valence electrons. The van der Waals surface area contributed by atoms with Gasteiger partial charge >= 0.3 is 0 Å². The van der Waals surface area contributed by atoms with Crippen LogP contribution in [0.2, 0.25) is 0 Å². The number of rotatable bonds is 2. The van der Waals surface area contributed by atoms with Gasteiger partial charge in [-0.05, 0) is 0 Å². The maximum atomic E-state index is 12.6. The van der Waals surface area contributed by atoms with E-state index in [9.17, 15) is 18.4 Å². The van der Waals surface area contributed by atoms with E-state index in [2.05, 4.69) is 0 Å². The van der Waals surface area contributed by atoms with Gasteiger partial charge in [-0.15, -0.1) is 0 Å². The lowest BCUT2D eigenvalue weighted by atomic mass is 10.3. The third kappa shape index (κ3) is 2.64. The smallest absolute Gasteiger partial charge is 0.267 e. The Bertz CT molecular complexity index is 243. The monoisotopic (exact) mass is 192 g/mol. The van der Waals surface area contributed by atoms with E-state index >= 15 is 0 Å². The standard InChI is InChI=1S/C7H10F2N2O2/c8-7(9)1-2-11(4-7)6(13)3-5(10)12/h1-4H2,(H2,10,12). The molecule has 0 aromatic heterocycles. The Labute approximate surface area is 73.7 Å². The van der Waals surface area contributed by atoms with Gasteiger partial charge in [-0.1, -0.05) is 0 Å². The van der Waals surface area contributed by atoms with Crippen molar-refractivity contribution in [1.82, 2.24) is 4.90 Å². The third-order valence-corrected chi connectivity index (χ3v) is 1.85. The molecule has 1 aliphatic rings. The molecule has 0 unspecified atom stereocenters. The van der Waals surface area contributed by atoms with Gasteiger partial charge < -0.3 is 10.6 Å². The molecule has 4 nitrogen and oxygen atoms in total. The molecule has 0 aliphatic carbocycles. The van der Waals surface area contributed by atoms with Crippen LogP contribution in [0.1, 0.15) is 12.8 Å². The summed E-state index contributed by atoms with van der Waals surface area (Å²) >= 11 is 0. The van der Waals surface area contributed by atoms with E-state index < -0.39 is 30.7 Å². The molecular formula is C7H10F2N2O2. The average Bonchev–Trinajstić information content (AvgIpc) is 2.28. The van der Waals surface area contributed by atoms with Crippen LogP contribution < -0.4 is 5.73 Å². The summed E-state index contributed by atoms with van der Waals surface area (Å²) in [6.45, 7) is -0.599. The van der Waals surface area contributed by atoms with Gasteiger partial charge in [0.1, 0.15) is 6.42 Å². The Hall–Kier alpha value is -1.20. The number of carbonyl (C=O) groups excluding carboxylic acids is 2. The molecule has 0 radical (unpaired) electrons. The van der Waals surface area contributed by atoms with Gasteiger partial charge in [0.25, 0.3) is 5.92 Å². The highest BCUT2D eigenvalue weighted by atomic mass is 19.3. The summed E-state index contributed by atoms with van der Waals surface area (Å²) in [4.78, 5) is 22.3. The van der Waals surface area contributed by atoms with E-state index in [1.807, 2.05) is 0 Å². The van der Waals surface area contributed by atoms with Crippen LogP contribution in [0, 0.1) is 0 Å². The first-order valence-electron chi connectivity index (χ1n) is 3.85. The van der Waals surface area contributed by atoms with Crippen LogP contribution in [0.15, 0.2) is 0 Å². The molecule has 0 spiro atoms. The lowest BCUT2D eigenvalue weighted by molar-refractivity contribution is -0.135. The SMILES string of the molecule is NC(=O)CC(=O)N1CCC(F)(F)C1. The second-order valence-electron chi connectivity index (χ2n) is 3.06. The third-order valence-electron chi connectivity index (χ3n) is 1.85.